The SMILES string of the molecule is CN1CCC(COC(=O)Nc2ccccc2-c2cccc(F)c2)C1. The molecule has 24 heavy (non-hydrogen) atoms. The van der Waals surface area contributed by atoms with Crippen molar-refractivity contribution in [3.63, 3.8) is 0 Å². The summed E-state index contributed by atoms with van der Waals surface area (Å²) in [4.78, 5) is 14.3. The lowest BCUT2D eigenvalue weighted by Gasteiger charge is -2.14. The zero-order chi connectivity index (χ0) is 16.9. The van der Waals surface area contributed by atoms with Crippen LogP contribution in [0.15, 0.2) is 48.5 Å². The smallest absolute Gasteiger partial charge is 0.411 e. The molecule has 0 aromatic heterocycles. The van der Waals surface area contributed by atoms with Crippen LogP contribution in [0.1, 0.15) is 6.42 Å². The van der Waals surface area contributed by atoms with Crippen molar-refractivity contribution < 1.29 is 13.9 Å². The van der Waals surface area contributed by atoms with Crippen molar-refractivity contribution >= 4 is 11.8 Å². The van der Waals surface area contributed by atoms with Gasteiger partial charge in [0, 0.05) is 18.0 Å². The molecule has 0 saturated carbocycles. The van der Waals surface area contributed by atoms with Crippen molar-refractivity contribution in [1.29, 1.82) is 0 Å². The van der Waals surface area contributed by atoms with Crippen molar-refractivity contribution in [1.82, 2.24) is 4.90 Å². The van der Waals surface area contributed by atoms with Gasteiger partial charge in [-0.05, 0) is 43.8 Å². The van der Waals surface area contributed by atoms with Gasteiger partial charge in [-0.3, -0.25) is 5.32 Å². The van der Waals surface area contributed by atoms with Crippen molar-refractivity contribution in [2.75, 3.05) is 32.1 Å². The number of anilines is 1. The van der Waals surface area contributed by atoms with Crippen molar-refractivity contribution in [2.24, 2.45) is 5.92 Å². The quantitative estimate of drug-likeness (QED) is 0.922. The van der Waals surface area contributed by atoms with Crippen LogP contribution in [0.5, 0.6) is 0 Å². The van der Waals surface area contributed by atoms with Crippen LogP contribution < -0.4 is 5.32 Å². The maximum Gasteiger partial charge on any atom is 0.411 e. The fraction of sp³-hybridized carbons (Fsp3) is 0.316. The number of nitrogens with zero attached hydrogens (tertiary/aromatic N) is 1. The Morgan fingerprint density at radius 2 is 2.12 bits per heavy atom. The molecule has 0 aliphatic carbocycles. The van der Waals surface area contributed by atoms with Crippen LogP contribution >= 0.6 is 0 Å². The molecular weight excluding hydrogens is 307 g/mol. The van der Waals surface area contributed by atoms with E-state index in [1.54, 1.807) is 12.1 Å². The van der Waals surface area contributed by atoms with Gasteiger partial charge in [-0.25, -0.2) is 9.18 Å². The average Bonchev–Trinajstić information content (AvgIpc) is 2.99. The van der Waals surface area contributed by atoms with Gasteiger partial charge in [-0.15, -0.1) is 0 Å². The number of benzene rings is 2. The summed E-state index contributed by atoms with van der Waals surface area (Å²) in [6.45, 7) is 2.41. The molecule has 1 saturated heterocycles. The van der Waals surface area contributed by atoms with Crippen molar-refractivity contribution in [3.8, 4) is 11.1 Å². The van der Waals surface area contributed by atoms with Gasteiger partial charge in [0.05, 0.1) is 12.3 Å². The lowest BCUT2D eigenvalue weighted by molar-refractivity contribution is 0.142. The molecule has 1 aliphatic heterocycles. The van der Waals surface area contributed by atoms with Gasteiger partial charge in [-0.1, -0.05) is 30.3 Å². The molecule has 4 nitrogen and oxygen atoms in total. The molecule has 1 amide bonds. The summed E-state index contributed by atoms with van der Waals surface area (Å²) in [6.07, 6.45) is 0.567. The largest absolute Gasteiger partial charge is 0.449 e. The molecule has 5 heteroatoms. The van der Waals surface area contributed by atoms with Crippen molar-refractivity contribution in [2.45, 2.75) is 6.42 Å². The fourth-order valence-corrected chi connectivity index (χ4v) is 3.00. The number of halogens is 1. The Balaban J connectivity index is 1.65. The monoisotopic (exact) mass is 328 g/mol. The molecule has 1 aliphatic rings. The Labute approximate surface area is 141 Å². The number of carbonyl (C=O) groups is 1. The minimum Gasteiger partial charge on any atom is -0.449 e. The highest BCUT2D eigenvalue weighted by Gasteiger charge is 2.21. The summed E-state index contributed by atoms with van der Waals surface area (Å²) in [6, 6.07) is 13.6. The third kappa shape index (κ3) is 4.11. The molecule has 1 unspecified atom stereocenters. The molecule has 0 spiro atoms. The van der Waals surface area contributed by atoms with E-state index in [-0.39, 0.29) is 5.82 Å². The molecule has 1 N–H and O–H groups in total. The second-order valence-corrected chi connectivity index (χ2v) is 6.20. The molecule has 1 fully saturated rings. The van der Waals surface area contributed by atoms with E-state index in [2.05, 4.69) is 17.3 Å². The predicted octanol–water partition coefficient (Wildman–Crippen LogP) is 3.99. The molecule has 2 aromatic rings. The summed E-state index contributed by atoms with van der Waals surface area (Å²) in [7, 11) is 2.06. The van der Waals surface area contributed by atoms with Crippen LogP contribution in [-0.4, -0.2) is 37.7 Å². The number of rotatable bonds is 4. The highest BCUT2D eigenvalue weighted by Crippen LogP contribution is 2.28. The average molecular weight is 328 g/mol. The molecule has 0 bridgehead atoms. The third-order valence-corrected chi connectivity index (χ3v) is 4.24. The van der Waals surface area contributed by atoms with E-state index in [0.29, 0.717) is 23.8 Å². The minimum absolute atomic E-state index is 0.310. The first kappa shape index (κ1) is 16.5. The fourth-order valence-electron chi connectivity index (χ4n) is 3.00. The van der Waals surface area contributed by atoms with Crippen LogP contribution in [0.4, 0.5) is 14.9 Å². The summed E-state index contributed by atoms with van der Waals surface area (Å²) in [5.41, 5.74) is 2.08. The number of hydrogen-bond donors (Lipinski definition) is 1. The highest BCUT2D eigenvalue weighted by atomic mass is 19.1. The standard InChI is InChI=1S/C19H21FN2O2/c1-22-10-9-14(12-22)13-24-19(23)21-18-8-3-2-7-17(18)15-5-4-6-16(20)11-15/h2-8,11,14H,9-10,12-13H2,1H3,(H,21,23). The van der Waals surface area contributed by atoms with Gasteiger partial charge in [0.2, 0.25) is 0 Å². The number of para-hydroxylation sites is 1. The lowest BCUT2D eigenvalue weighted by Crippen LogP contribution is -2.21. The Morgan fingerprint density at radius 3 is 2.88 bits per heavy atom. The topological polar surface area (TPSA) is 41.6 Å². The minimum atomic E-state index is -0.478. The normalized spacial score (nSPS) is 17.7. The Kier molecular flexibility index (Phi) is 5.11. The van der Waals surface area contributed by atoms with E-state index in [4.69, 9.17) is 4.74 Å². The maximum atomic E-state index is 13.5. The summed E-state index contributed by atoms with van der Waals surface area (Å²) in [5, 5.41) is 2.77. The summed E-state index contributed by atoms with van der Waals surface area (Å²) in [5.74, 6) is 0.0782. The molecule has 1 atom stereocenters. The molecule has 2 aromatic carbocycles. The number of amides is 1. The Hall–Kier alpha value is -2.40. The molecular formula is C19H21FN2O2. The van der Waals surface area contributed by atoms with E-state index < -0.39 is 6.09 Å². The van der Waals surface area contributed by atoms with Gasteiger partial charge in [0.15, 0.2) is 0 Å². The molecule has 3 rings (SSSR count). The van der Waals surface area contributed by atoms with Gasteiger partial charge >= 0.3 is 6.09 Å². The van der Waals surface area contributed by atoms with E-state index in [1.807, 2.05) is 24.3 Å². The van der Waals surface area contributed by atoms with Crippen molar-refractivity contribution in [3.05, 3.63) is 54.3 Å². The second-order valence-electron chi connectivity index (χ2n) is 6.20. The number of likely N-dealkylation sites (tertiary alicyclic amines) is 1. The van der Waals surface area contributed by atoms with Crippen LogP contribution in [0.2, 0.25) is 0 Å². The van der Waals surface area contributed by atoms with E-state index in [0.717, 1.165) is 25.1 Å². The third-order valence-electron chi connectivity index (χ3n) is 4.24. The van der Waals surface area contributed by atoms with Gasteiger partial charge in [-0.2, -0.15) is 0 Å². The van der Waals surface area contributed by atoms with E-state index >= 15 is 0 Å². The van der Waals surface area contributed by atoms with E-state index in [9.17, 15) is 9.18 Å². The van der Waals surface area contributed by atoms with Crippen LogP contribution in [-0.2, 0) is 4.74 Å². The predicted molar refractivity (Wildman–Crippen MR) is 92.4 cm³/mol. The van der Waals surface area contributed by atoms with Gasteiger partial charge in [0.1, 0.15) is 5.82 Å². The first-order chi connectivity index (χ1) is 11.6. The summed E-state index contributed by atoms with van der Waals surface area (Å²) < 4.78 is 18.8. The Morgan fingerprint density at radius 1 is 1.29 bits per heavy atom. The number of hydrogen-bond acceptors (Lipinski definition) is 3. The zero-order valence-electron chi connectivity index (χ0n) is 13.7. The van der Waals surface area contributed by atoms with Crippen LogP contribution in [0, 0.1) is 11.7 Å². The second kappa shape index (κ2) is 7.45. The molecule has 126 valence electrons. The number of carbonyl (C=O) groups excluding carboxylic acids is 1. The molecule has 1 heterocycles. The van der Waals surface area contributed by atoms with Gasteiger partial charge < -0.3 is 9.64 Å². The van der Waals surface area contributed by atoms with Crippen LogP contribution in [0.3, 0.4) is 0 Å². The first-order valence-corrected chi connectivity index (χ1v) is 8.09. The van der Waals surface area contributed by atoms with Crippen LogP contribution in [0.25, 0.3) is 11.1 Å². The highest BCUT2D eigenvalue weighted by molar-refractivity contribution is 5.91. The zero-order valence-corrected chi connectivity index (χ0v) is 13.7. The maximum absolute atomic E-state index is 13.5. The van der Waals surface area contributed by atoms with Gasteiger partial charge in [0.25, 0.3) is 0 Å². The van der Waals surface area contributed by atoms with E-state index in [1.165, 1.54) is 12.1 Å². The summed E-state index contributed by atoms with van der Waals surface area (Å²) >= 11 is 0. The lowest BCUT2D eigenvalue weighted by atomic mass is 10.0. The first-order valence-electron chi connectivity index (χ1n) is 8.09. The Bertz CT molecular complexity index is 720. The number of nitrogens with one attached hydrogen (secondary N) is 1. The molecule has 0 radical (unpaired) electrons. The number of ether oxygens (including phenoxy) is 1.